The number of hydrogen-bond donors (Lipinski definition) is 0. The van der Waals surface area contributed by atoms with E-state index in [1.54, 1.807) is 5.56 Å². The van der Waals surface area contributed by atoms with Crippen LogP contribution in [-0.2, 0) is 0 Å². The van der Waals surface area contributed by atoms with Gasteiger partial charge < -0.3 is 0 Å². The van der Waals surface area contributed by atoms with Crippen molar-refractivity contribution in [3.8, 4) is 0 Å². The first kappa shape index (κ1) is 12.2. The largest absolute Gasteiger partial charge is 0.0616 e. The Morgan fingerprint density at radius 3 is 2.00 bits per heavy atom. The zero-order valence-corrected chi connectivity index (χ0v) is 11.5. The Kier molecular flexibility index (Phi) is 3.24. The SMILES string of the molecule is Cc1cc2ccccc2c(C(C)C)c1C(C)C. The van der Waals surface area contributed by atoms with E-state index in [1.165, 1.54) is 21.9 Å². The van der Waals surface area contributed by atoms with E-state index < -0.39 is 0 Å². The number of rotatable bonds is 2. The molecule has 90 valence electrons. The van der Waals surface area contributed by atoms with Crippen LogP contribution >= 0.6 is 0 Å². The van der Waals surface area contributed by atoms with Crippen molar-refractivity contribution in [2.45, 2.75) is 46.5 Å². The second-order valence-electron chi connectivity index (χ2n) is 5.55. The first-order valence-electron chi connectivity index (χ1n) is 6.54. The summed E-state index contributed by atoms with van der Waals surface area (Å²) >= 11 is 0. The molecule has 0 amide bonds. The average molecular weight is 226 g/mol. The van der Waals surface area contributed by atoms with Gasteiger partial charge >= 0.3 is 0 Å². The fourth-order valence-electron chi connectivity index (χ4n) is 2.93. The third-order valence-electron chi connectivity index (χ3n) is 3.49. The van der Waals surface area contributed by atoms with Crippen molar-refractivity contribution in [2.75, 3.05) is 0 Å². The van der Waals surface area contributed by atoms with E-state index in [4.69, 9.17) is 0 Å². The minimum atomic E-state index is 0.581. The summed E-state index contributed by atoms with van der Waals surface area (Å²) in [6.45, 7) is 11.4. The molecular formula is C17H22. The number of fused-ring (bicyclic) bond motifs is 1. The van der Waals surface area contributed by atoms with Gasteiger partial charge in [0.15, 0.2) is 0 Å². The van der Waals surface area contributed by atoms with Crippen LogP contribution in [0.3, 0.4) is 0 Å². The fraction of sp³-hybridized carbons (Fsp3) is 0.412. The summed E-state index contributed by atoms with van der Waals surface area (Å²) in [6, 6.07) is 11.1. The molecule has 17 heavy (non-hydrogen) atoms. The molecule has 0 bridgehead atoms. The molecule has 2 rings (SSSR count). The first-order chi connectivity index (χ1) is 8.02. The van der Waals surface area contributed by atoms with Crippen molar-refractivity contribution < 1.29 is 0 Å². The molecule has 0 radical (unpaired) electrons. The highest BCUT2D eigenvalue weighted by Crippen LogP contribution is 2.35. The molecule has 2 aromatic carbocycles. The summed E-state index contributed by atoms with van der Waals surface area (Å²) in [6.07, 6.45) is 0. The van der Waals surface area contributed by atoms with Gasteiger partial charge in [0.25, 0.3) is 0 Å². The van der Waals surface area contributed by atoms with Gasteiger partial charge in [-0.1, -0.05) is 58.0 Å². The lowest BCUT2D eigenvalue weighted by Gasteiger charge is -2.21. The maximum atomic E-state index is 2.33. The zero-order chi connectivity index (χ0) is 12.6. The van der Waals surface area contributed by atoms with E-state index >= 15 is 0 Å². The van der Waals surface area contributed by atoms with Crippen LogP contribution in [-0.4, -0.2) is 0 Å². The minimum Gasteiger partial charge on any atom is -0.0616 e. The Morgan fingerprint density at radius 2 is 1.41 bits per heavy atom. The van der Waals surface area contributed by atoms with Crippen molar-refractivity contribution in [3.63, 3.8) is 0 Å². The second-order valence-corrected chi connectivity index (χ2v) is 5.55. The monoisotopic (exact) mass is 226 g/mol. The molecule has 0 N–H and O–H groups in total. The van der Waals surface area contributed by atoms with Gasteiger partial charge in [0, 0.05) is 0 Å². The molecule has 0 fully saturated rings. The highest BCUT2D eigenvalue weighted by Gasteiger charge is 2.15. The summed E-state index contributed by atoms with van der Waals surface area (Å²) < 4.78 is 0. The van der Waals surface area contributed by atoms with Crippen molar-refractivity contribution in [2.24, 2.45) is 0 Å². The van der Waals surface area contributed by atoms with Crippen LogP contribution in [0.15, 0.2) is 30.3 Å². The molecule has 0 atom stereocenters. The van der Waals surface area contributed by atoms with Gasteiger partial charge in [-0.2, -0.15) is 0 Å². The standard InChI is InChI=1S/C17H22/c1-11(2)16-13(5)10-14-8-6-7-9-15(14)17(16)12(3)4/h6-12H,1-5H3. The molecular weight excluding hydrogens is 204 g/mol. The third kappa shape index (κ3) is 2.09. The van der Waals surface area contributed by atoms with E-state index in [1.807, 2.05) is 0 Å². The molecule has 0 aromatic heterocycles. The normalized spacial score (nSPS) is 11.7. The Balaban J connectivity index is 2.88. The maximum Gasteiger partial charge on any atom is -0.0146 e. The van der Waals surface area contributed by atoms with Crippen molar-refractivity contribution in [1.29, 1.82) is 0 Å². The van der Waals surface area contributed by atoms with Crippen molar-refractivity contribution >= 4 is 10.8 Å². The maximum absolute atomic E-state index is 2.33. The molecule has 0 saturated carbocycles. The van der Waals surface area contributed by atoms with Crippen LogP contribution in [0.1, 0.15) is 56.2 Å². The summed E-state index contributed by atoms with van der Waals surface area (Å²) in [5.74, 6) is 1.18. The summed E-state index contributed by atoms with van der Waals surface area (Å²) in [5.41, 5.74) is 4.51. The lowest BCUT2D eigenvalue weighted by Crippen LogP contribution is -2.02. The van der Waals surface area contributed by atoms with Crippen LogP contribution in [0, 0.1) is 6.92 Å². The molecule has 0 heteroatoms. The Bertz CT molecular complexity index is 533. The molecule has 0 unspecified atom stereocenters. The molecule has 0 saturated heterocycles. The van der Waals surface area contributed by atoms with Crippen LogP contribution in [0.5, 0.6) is 0 Å². The minimum absolute atomic E-state index is 0.581. The topological polar surface area (TPSA) is 0 Å². The van der Waals surface area contributed by atoms with Gasteiger partial charge in [-0.3, -0.25) is 0 Å². The van der Waals surface area contributed by atoms with E-state index in [9.17, 15) is 0 Å². The van der Waals surface area contributed by atoms with E-state index in [-0.39, 0.29) is 0 Å². The first-order valence-corrected chi connectivity index (χ1v) is 6.54. The van der Waals surface area contributed by atoms with Gasteiger partial charge in [-0.25, -0.2) is 0 Å². The number of hydrogen-bond acceptors (Lipinski definition) is 0. The van der Waals surface area contributed by atoms with Crippen molar-refractivity contribution in [1.82, 2.24) is 0 Å². The third-order valence-corrected chi connectivity index (χ3v) is 3.49. The molecule has 0 nitrogen and oxygen atoms in total. The molecule has 0 spiro atoms. The Labute approximate surface area is 105 Å². The van der Waals surface area contributed by atoms with Gasteiger partial charge in [0.2, 0.25) is 0 Å². The van der Waals surface area contributed by atoms with Gasteiger partial charge in [0.1, 0.15) is 0 Å². The summed E-state index contributed by atoms with van der Waals surface area (Å²) in [4.78, 5) is 0. The van der Waals surface area contributed by atoms with E-state index in [0.717, 1.165) is 0 Å². The van der Waals surface area contributed by atoms with E-state index in [2.05, 4.69) is 65.0 Å². The molecule has 2 aromatic rings. The second kappa shape index (κ2) is 4.52. The summed E-state index contributed by atoms with van der Waals surface area (Å²) in [7, 11) is 0. The van der Waals surface area contributed by atoms with Gasteiger partial charge in [0.05, 0.1) is 0 Å². The smallest absolute Gasteiger partial charge is 0.0146 e. The zero-order valence-electron chi connectivity index (χ0n) is 11.5. The van der Waals surface area contributed by atoms with Crippen LogP contribution < -0.4 is 0 Å². The molecule has 0 heterocycles. The molecule has 0 aliphatic carbocycles. The van der Waals surface area contributed by atoms with E-state index in [0.29, 0.717) is 11.8 Å². The van der Waals surface area contributed by atoms with Crippen molar-refractivity contribution in [3.05, 3.63) is 47.0 Å². The predicted octanol–water partition coefficient (Wildman–Crippen LogP) is 5.40. The highest BCUT2D eigenvalue weighted by atomic mass is 14.2. The Hall–Kier alpha value is -1.30. The van der Waals surface area contributed by atoms with Crippen LogP contribution in [0.25, 0.3) is 10.8 Å². The quantitative estimate of drug-likeness (QED) is 0.643. The predicted molar refractivity (Wildman–Crippen MR) is 76.9 cm³/mol. The Morgan fingerprint density at radius 1 is 0.824 bits per heavy atom. The molecule has 0 aliphatic heterocycles. The van der Waals surface area contributed by atoms with Gasteiger partial charge in [-0.05, 0) is 46.2 Å². The van der Waals surface area contributed by atoms with Crippen LogP contribution in [0.4, 0.5) is 0 Å². The van der Waals surface area contributed by atoms with Crippen LogP contribution in [0.2, 0.25) is 0 Å². The lowest BCUT2D eigenvalue weighted by atomic mass is 9.83. The fourth-order valence-corrected chi connectivity index (χ4v) is 2.93. The number of aryl methyl sites for hydroxylation is 1. The molecule has 0 aliphatic rings. The lowest BCUT2D eigenvalue weighted by molar-refractivity contribution is 0.791. The average Bonchev–Trinajstić information content (AvgIpc) is 2.26. The number of benzene rings is 2. The highest BCUT2D eigenvalue weighted by molar-refractivity contribution is 5.88. The van der Waals surface area contributed by atoms with Gasteiger partial charge in [-0.15, -0.1) is 0 Å². The summed E-state index contributed by atoms with van der Waals surface area (Å²) in [5, 5.41) is 2.80.